The van der Waals surface area contributed by atoms with Gasteiger partial charge in [0.2, 0.25) is 0 Å². The molecule has 28 heavy (non-hydrogen) atoms. The van der Waals surface area contributed by atoms with Gasteiger partial charge in [-0.15, -0.1) is 0 Å². The number of nitrogens with one attached hydrogen (secondary N) is 1. The number of aliphatic imine (C=N–C) groups is 1. The van der Waals surface area contributed by atoms with Crippen LogP contribution >= 0.6 is 0 Å². The van der Waals surface area contributed by atoms with Crippen molar-refractivity contribution in [2.75, 3.05) is 51.8 Å². The minimum Gasteiger partial charge on any atom is -0.496 e. The zero-order chi connectivity index (χ0) is 19.9. The van der Waals surface area contributed by atoms with E-state index < -0.39 is 0 Å². The molecule has 0 radical (unpaired) electrons. The van der Waals surface area contributed by atoms with Crippen molar-refractivity contribution in [2.24, 2.45) is 4.99 Å². The van der Waals surface area contributed by atoms with Crippen LogP contribution in [0, 0.1) is 5.82 Å². The number of guanidine groups is 1. The number of ether oxygens (including phenoxy) is 1. The van der Waals surface area contributed by atoms with Gasteiger partial charge in [0.15, 0.2) is 5.96 Å². The summed E-state index contributed by atoms with van der Waals surface area (Å²) in [4.78, 5) is 9.01. The van der Waals surface area contributed by atoms with Gasteiger partial charge >= 0.3 is 0 Å². The number of para-hydroxylation sites is 1. The lowest BCUT2D eigenvalue weighted by Crippen LogP contribution is -2.53. The largest absolute Gasteiger partial charge is 0.496 e. The highest BCUT2D eigenvalue weighted by molar-refractivity contribution is 5.80. The fraction of sp³-hybridized carbons (Fsp3) is 0.409. The summed E-state index contributed by atoms with van der Waals surface area (Å²) in [6.45, 7) is 6.48. The molecule has 150 valence electrons. The molecule has 1 unspecified atom stereocenters. The van der Waals surface area contributed by atoms with Gasteiger partial charge in [0.25, 0.3) is 0 Å². The van der Waals surface area contributed by atoms with Crippen LogP contribution in [0.2, 0.25) is 0 Å². The van der Waals surface area contributed by atoms with Gasteiger partial charge in [-0.05, 0) is 35.9 Å². The number of methoxy groups -OCH3 is 1. The number of halogens is 1. The second-order valence-corrected chi connectivity index (χ2v) is 7.02. The molecule has 0 aromatic heterocycles. The average molecular weight is 384 g/mol. The fourth-order valence-corrected chi connectivity index (χ4v) is 3.59. The number of hydrogen-bond donors (Lipinski definition) is 1. The summed E-state index contributed by atoms with van der Waals surface area (Å²) in [5.74, 6) is 1.93. The van der Waals surface area contributed by atoms with Crippen molar-refractivity contribution in [1.82, 2.24) is 10.2 Å². The van der Waals surface area contributed by atoms with Gasteiger partial charge in [-0.1, -0.05) is 25.1 Å². The zero-order valence-electron chi connectivity index (χ0n) is 16.9. The van der Waals surface area contributed by atoms with Crippen LogP contribution in [0.4, 0.5) is 10.1 Å². The Morgan fingerprint density at radius 3 is 2.43 bits per heavy atom. The monoisotopic (exact) mass is 384 g/mol. The number of anilines is 1. The first-order chi connectivity index (χ1) is 13.6. The predicted molar refractivity (Wildman–Crippen MR) is 113 cm³/mol. The molecule has 0 spiro atoms. The number of benzene rings is 2. The molecule has 1 fully saturated rings. The van der Waals surface area contributed by atoms with Gasteiger partial charge in [-0.25, -0.2) is 4.39 Å². The molecule has 6 heteroatoms. The molecule has 1 atom stereocenters. The molecule has 2 aromatic rings. The Morgan fingerprint density at radius 1 is 1.11 bits per heavy atom. The summed E-state index contributed by atoms with van der Waals surface area (Å²) in [5.41, 5.74) is 2.25. The first kappa shape index (κ1) is 20.0. The third kappa shape index (κ3) is 4.74. The van der Waals surface area contributed by atoms with Crippen molar-refractivity contribution >= 4 is 11.6 Å². The van der Waals surface area contributed by atoms with Crippen molar-refractivity contribution < 1.29 is 9.13 Å². The van der Waals surface area contributed by atoms with E-state index in [0.29, 0.717) is 5.92 Å². The zero-order valence-corrected chi connectivity index (χ0v) is 16.9. The Bertz CT molecular complexity index is 785. The van der Waals surface area contributed by atoms with Crippen LogP contribution < -0.4 is 15.0 Å². The van der Waals surface area contributed by atoms with E-state index in [0.717, 1.165) is 50.1 Å². The van der Waals surface area contributed by atoms with Gasteiger partial charge in [0.1, 0.15) is 11.6 Å². The number of hydrogen-bond acceptors (Lipinski definition) is 3. The van der Waals surface area contributed by atoms with E-state index in [4.69, 9.17) is 4.74 Å². The fourth-order valence-electron chi connectivity index (χ4n) is 3.59. The van der Waals surface area contributed by atoms with Crippen molar-refractivity contribution in [1.29, 1.82) is 0 Å². The van der Waals surface area contributed by atoms with E-state index in [-0.39, 0.29) is 5.82 Å². The molecular formula is C22H29FN4O. The van der Waals surface area contributed by atoms with Crippen LogP contribution in [-0.4, -0.2) is 57.7 Å². The van der Waals surface area contributed by atoms with Crippen LogP contribution in [0.15, 0.2) is 53.5 Å². The number of nitrogens with zero attached hydrogens (tertiary/aromatic N) is 3. The van der Waals surface area contributed by atoms with Gasteiger partial charge in [0.05, 0.1) is 7.11 Å². The maximum atomic E-state index is 13.1. The minimum atomic E-state index is -0.198. The molecule has 1 saturated heterocycles. The predicted octanol–water partition coefficient (Wildman–Crippen LogP) is 3.34. The normalized spacial score (nSPS) is 16.1. The molecule has 0 saturated carbocycles. The molecule has 0 aliphatic carbocycles. The molecule has 3 rings (SSSR count). The molecule has 2 aromatic carbocycles. The number of piperazine rings is 1. The van der Waals surface area contributed by atoms with Crippen LogP contribution in [0.25, 0.3) is 0 Å². The van der Waals surface area contributed by atoms with E-state index in [2.05, 4.69) is 33.1 Å². The lowest BCUT2D eigenvalue weighted by atomic mass is 10.0. The third-order valence-electron chi connectivity index (χ3n) is 5.22. The lowest BCUT2D eigenvalue weighted by molar-refractivity contribution is 0.371. The SMILES string of the molecule is CN=C(NCC(C)c1ccccc1OC)N1CCN(c2ccc(F)cc2)CC1. The molecular weight excluding hydrogens is 355 g/mol. The highest BCUT2D eigenvalue weighted by Gasteiger charge is 2.20. The van der Waals surface area contributed by atoms with Gasteiger partial charge in [-0.3, -0.25) is 4.99 Å². The van der Waals surface area contributed by atoms with E-state index in [1.165, 1.54) is 17.7 Å². The van der Waals surface area contributed by atoms with Crippen LogP contribution in [0.3, 0.4) is 0 Å². The summed E-state index contributed by atoms with van der Waals surface area (Å²) >= 11 is 0. The molecule has 1 aliphatic heterocycles. The third-order valence-corrected chi connectivity index (χ3v) is 5.22. The highest BCUT2D eigenvalue weighted by atomic mass is 19.1. The van der Waals surface area contributed by atoms with Crippen LogP contribution in [-0.2, 0) is 0 Å². The minimum absolute atomic E-state index is 0.198. The topological polar surface area (TPSA) is 40.1 Å². The Balaban J connectivity index is 1.54. The van der Waals surface area contributed by atoms with E-state index >= 15 is 0 Å². The number of rotatable bonds is 5. The standard InChI is InChI=1S/C22H29FN4O/c1-17(20-6-4-5-7-21(20)28-3)16-25-22(24-2)27-14-12-26(13-15-27)19-10-8-18(23)9-11-19/h4-11,17H,12-16H2,1-3H3,(H,24,25). The average Bonchev–Trinajstić information content (AvgIpc) is 2.75. The van der Waals surface area contributed by atoms with Gasteiger partial charge in [-0.2, -0.15) is 0 Å². The van der Waals surface area contributed by atoms with Crippen molar-refractivity contribution in [2.45, 2.75) is 12.8 Å². The van der Waals surface area contributed by atoms with E-state index in [9.17, 15) is 4.39 Å². The second kappa shape index (κ2) is 9.44. The Morgan fingerprint density at radius 2 is 1.79 bits per heavy atom. The summed E-state index contributed by atoms with van der Waals surface area (Å²) in [7, 11) is 3.53. The highest BCUT2D eigenvalue weighted by Crippen LogP contribution is 2.25. The first-order valence-corrected chi connectivity index (χ1v) is 9.71. The van der Waals surface area contributed by atoms with Crippen LogP contribution in [0.5, 0.6) is 5.75 Å². The molecule has 1 aliphatic rings. The van der Waals surface area contributed by atoms with Crippen molar-refractivity contribution in [3.8, 4) is 5.75 Å². The van der Waals surface area contributed by atoms with Crippen LogP contribution in [0.1, 0.15) is 18.4 Å². The van der Waals surface area contributed by atoms with Gasteiger partial charge < -0.3 is 19.9 Å². The summed E-state index contributed by atoms with van der Waals surface area (Å²) in [5, 5.41) is 3.50. The Labute approximate surface area is 166 Å². The van der Waals surface area contributed by atoms with Crippen molar-refractivity contribution in [3.05, 3.63) is 59.9 Å². The second-order valence-electron chi connectivity index (χ2n) is 7.02. The molecule has 1 heterocycles. The van der Waals surface area contributed by atoms with E-state index in [1.807, 2.05) is 37.4 Å². The lowest BCUT2D eigenvalue weighted by Gasteiger charge is -2.38. The quantitative estimate of drug-likeness (QED) is 0.634. The summed E-state index contributed by atoms with van der Waals surface area (Å²) < 4.78 is 18.6. The maximum absolute atomic E-state index is 13.1. The molecule has 5 nitrogen and oxygen atoms in total. The first-order valence-electron chi connectivity index (χ1n) is 9.71. The van der Waals surface area contributed by atoms with Gasteiger partial charge in [0, 0.05) is 51.4 Å². The Kier molecular flexibility index (Phi) is 6.74. The summed E-state index contributed by atoms with van der Waals surface area (Å²) in [6.07, 6.45) is 0. The smallest absolute Gasteiger partial charge is 0.193 e. The Hall–Kier alpha value is -2.76. The van der Waals surface area contributed by atoms with Crippen molar-refractivity contribution in [3.63, 3.8) is 0 Å². The maximum Gasteiger partial charge on any atom is 0.193 e. The molecule has 0 bridgehead atoms. The molecule has 0 amide bonds. The summed E-state index contributed by atoms with van der Waals surface area (Å²) in [6, 6.07) is 14.8. The molecule has 1 N–H and O–H groups in total. The van der Waals surface area contributed by atoms with E-state index in [1.54, 1.807) is 7.11 Å².